The summed E-state index contributed by atoms with van der Waals surface area (Å²) >= 11 is 1.32. The minimum atomic E-state index is -0.268. The number of thioether (sulfide) groups is 1. The van der Waals surface area contributed by atoms with Gasteiger partial charge < -0.3 is 14.8 Å². The van der Waals surface area contributed by atoms with Gasteiger partial charge in [-0.15, -0.1) is 10.2 Å². The summed E-state index contributed by atoms with van der Waals surface area (Å²) in [5.74, 6) is 1.81. The Labute approximate surface area is 205 Å². The maximum absolute atomic E-state index is 13.0. The largest absolute Gasteiger partial charge is 0.454 e. The second-order valence-electron chi connectivity index (χ2n) is 8.27. The molecule has 1 aromatic heterocycles. The number of ketones is 1. The van der Waals surface area contributed by atoms with Crippen LogP contribution >= 0.6 is 11.8 Å². The number of Topliss-reactive ketones (excluding diaryl/α,β-unsaturated/α-hetero) is 1. The average Bonchev–Trinajstić information content (AvgIpc) is 3.60. The van der Waals surface area contributed by atoms with Gasteiger partial charge in [-0.1, -0.05) is 30.0 Å². The van der Waals surface area contributed by atoms with Gasteiger partial charge in [0.25, 0.3) is 0 Å². The number of carbonyl (C=O) groups is 2. The zero-order valence-corrected chi connectivity index (χ0v) is 19.5. The highest BCUT2D eigenvalue weighted by atomic mass is 32.2. The van der Waals surface area contributed by atoms with E-state index >= 15 is 0 Å². The molecule has 0 saturated heterocycles. The number of para-hydroxylation sites is 1. The molecule has 0 saturated carbocycles. The Kier molecular flexibility index (Phi) is 5.26. The van der Waals surface area contributed by atoms with Crippen molar-refractivity contribution in [3.63, 3.8) is 0 Å². The molecule has 8 nitrogen and oxygen atoms in total. The molecule has 0 bridgehead atoms. The van der Waals surface area contributed by atoms with Crippen molar-refractivity contribution >= 4 is 29.1 Å². The number of benzene rings is 3. The third-order valence-corrected chi connectivity index (χ3v) is 7.03. The number of ether oxygens (including phenoxy) is 2. The van der Waals surface area contributed by atoms with E-state index in [0.717, 1.165) is 22.5 Å². The molecule has 1 N–H and O–H groups in total. The van der Waals surface area contributed by atoms with Gasteiger partial charge in [0.1, 0.15) is 0 Å². The quantitative estimate of drug-likeness (QED) is 0.313. The molecule has 0 spiro atoms. The molecular weight excluding hydrogens is 464 g/mol. The Bertz CT molecular complexity index is 1470. The summed E-state index contributed by atoms with van der Waals surface area (Å²) in [6.07, 6.45) is 0. The lowest BCUT2D eigenvalue weighted by Crippen LogP contribution is -2.08. The van der Waals surface area contributed by atoms with E-state index in [1.54, 1.807) is 18.2 Å². The lowest BCUT2D eigenvalue weighted by atomic mass is 9.99. The molecule has 35 heavy (non-hydrogen) atoms. The van der Waals surface area contributed by atoms with Crippen molar-refractivity contribution < 1.29 is 19.1 Å². The fraction of sp³-hybridized carbons (Fsp3) is 0.154. The van der Waals surface area contributed by atoms with E-state index in [1.165, 1.54) is 11.8 Å². The highest BCUT2D eigenvalue weighted by Gasteiger charge is 2.27. The van der Waals surface area contributed by atoms with E-state index in [4.69, 9.17) is 9.47 Å². The van der Waals surface area contributed by atoms with Crippen LogP contribution in [0.1, 0.15) is 28.8 Å². The van der Waals surface area contributed by atoms with Gasteiger partial charge in [0.15, 0.2) is 28.3 Å². The SMILES string of the molecule is C[C@@H]1C(=O)Nc2ccc(C(=O)CSc3nnc(-c4ccc5c(c4)OCO5)n3-c3ccccc3)cc21. The Morgan fingerprint density at radius 3 is 2.74 bits per heavy atom. The van der Waals surface area contributed by atoms with Gasteiger partial charge in [0.2, 0.25) is 12.7 Å². The smallest absolute Gasteiger partial charge is 0.231 e. The number of nitrogens with one attached hydrogen (secondary N) is 1. The van der Waals surface area contributed by atoms with Crippen molar-refractivity contribution in [3.05, 3.63) is 77.9 Å². The predicted molar refractivity (Wildman–Crippen MR) is 131 cm³/mol. The van der Waals surface area contributed by atoms with Crippen LogP contribution in [0.5, 0.6) is 11.5 Å². The van der Waals surface area contributed by atoms with Crippen LogP contribution in [0.15, 0.2) is 71.9 Å². The minimum Gasteiger partial charge on any atom is -0.454 e. The molecule has 0 unspecified atom stereocenters. The van der Waals surface area contributed by atoms with Gasteiger partial charge in [0.05, 0.1) is 11.7 Å². The molecule has 1 amide bonds. The number of carbonyl (C=O) groups excluding carboxylic acids is 2. The number of aromatic nitrogens is 3. The summed E-state index contributed by atoms with van der Waals surface area (Å²) in [4.78, 5) is 25.0. The lowest BCUT2D eigenvalue weighted by molar-refractivity contribution is -0.116. The van der Waals surface area contributed by atoms with Gasteiger partial charge in [0, 0.05) is 22.5 Å². The first-order valence-corrected chi connectivity index (χ1v) is 12.1. The second kappa shape index (κ2) is 8.59. The molecular formula is C26H20N4O4S. The van der Waals surface area contributed by atoms with Gasteiger partial charge in [-0.25, -0.2) is 0 Å². The van der Waals surface area contributed by atoms with Crippen LogP contribution in [0.4, 0.5) is 5.69 Å². The minimum absolute atomic E-state index is 0.0448. The zero-order valence-electron chi connectivity index (χ0n) is 18.7. The number of hydrogen-bond acceptors (Lipinski definition) is 7. The van der Waals surface area contributed by atoms with Crippen molar-refractivity contribution in [2.24, 2.45) is 0 Å². The van der Waals surface area contributed by atoms with Gasteiger partial charge in [-0.3, -0.25) is 14.2 Å². The summed E-state index contributed by atoms with van der Waals surface area (Å²) in [5, 5.41) is 12.3. The molecule has 1 atom stereocenters. The van der Waals surface area contributed by atoms with Crippen molar-refractivity contribution in [1.82, 2.24) is 14.8 Å². The molecule has 9 heteroatoms. The first-order chi connectivity index (χ1) is 17.1. The monoisotopic (exact) mass is 484 g/mol. The lowest BCUT2D eigenvalue weighted by Gasteiger charge is -2.11. The molecule has 0 aliphatic carbocycles. The number of nitrogens with zero attached hydrogens (tertiary/aromatic N) is 3. The van der Waals surface area contributed by atoms with Crippen LogP contribution < -0.4 is 14.8 Å². The van der Waals surface area contributed by atoms with Gasteiger partial charge in [-0.2, -0.15) is 0 Å². The maximum atomic E-state index is 13.0. The first kappa shape index (κ1) is 21.4. The summed E-state index contributed by atoms with van der Waals surface area (Å²) in [6, 6.07) is 20.8. The Morgan fingerprint density at radius 1 is 1.06 bits per heavy atom. The number of anilines is 1. The van der Waals surface area contributed by atoms with Crippen LogP contribution in [0.25, 0.3) is 17.1 Å². The van der Waals surface area contributed by atoms with Crippen molar-refractivity contribution in [2.45, 2.75) is 18.0 Å². The molecule has 0 fully saturated rings. The van der Waals surface area contributed by atoms with Crippen molar-refractivity contribution in [1.29, 1.82) is 0 Å². The maximum Gasteiger partial charge on any atom is 0.231 e. The fourth-order valence-corrected chi connectivity index (χ4v) is 5.05. The normalized spacial score (nSPS) is 15.7. The van der Waals surface area contributed by atoms with Crippen LogP contribution in [0, 0.1) is 0 Å². The fourth-order valence-electron chi connectivity index (χ4n) is 4.20. The first-order valence-electron chi connectivity index (χ1n) is 11.1. The molecule has 2 aliphatic rings. The summed E-state index contributed by atoms with van der Waals surface area (Å²) < 4.78 is 12.9. The Balaban J connectivity index is 1.30. The van der Waals surface area contributed by atoms with E-state index in [1.807, 2.05) is 60.0 Å². The molecule has 0 radical (unpaired) electrons. The third kappa shape index (κ3) is 3.83. The van der Waals surface area contributed by atoms with Crippen molar-refractivity contribution in [2.75, 3.05) is 17.9 Å². The Hall–Kier alpha value is -4.11. The molecule has 6 rings (SSSR count). The molecule has 3 heterocycles. The van der Waals surface area contributed by atoms with E-state index in [9.17, 15) is 9.59 Å². The Morgan fingerprint density at radius 2 is 1.89 bits per heavy atom. The van der Waals surface area contributed by atoms with Crippen LogP contribution in [-0.4, -0.2) is 39.0 Å². The summed E-state index contributed by atoms with van der Waals surface area (Å²) in [7, 11) is 0. The number of rotatable bonds is 6. The van der Waals surface area contributed by atoms with Gasteiger partial charge >= 0.3 is 0 Å². The molecule has 2 aliphatic heterocycles. The number of hydrogen-bond donors (Lipinski definition) is 1. The second-order valence-corrected chi connectivity index (χ2v) is 9.21. The van der Waals surface area contributed by atoms with E-state index in [2.05, 4.69) is 15.5 Å². The van der Waals surface area contributed by atoms with E-state index < -0.39 is 0 Å². The standard InChI is InChI=1S/C26H20N4O4S/c1-15-19-11-16(7-9-20(19)27-25(15)32)21(31)13-35-26-29-28-24(30(26)18-5-3-2-4-6-18)17-8-10-22-23(12-17)34-14-33-22/h2-12,15H,13-14H2,1H3,(H,27,32)/t15-/m0/s1. The molecule has 4 aromatic rings. The van der Waals surface area contributed by atoms with Crippen LogP contribution in [-0.2, 0) is 4.79 Å². The van der Waals surface area contributed by atoms with Crippen molar-refractivity contribution in [3.8, 4) is 28.6 Å². The highest BCUT2D eigenvalue weighted by Crippen LogP contribution is 2.37. The zero-order chi connectivity index (χ0) is 23.9. The molecule has 174 valence electrons. The molecule has 3 aromatic carbocycles. The van der Waals surface area contributed by atoms with Crippen LogP contribution in [0.2, 0.25) is 0 Å². The third-order valence-electron chi connectivity index (χ3n) is 6.10. The number of amides is 1. The topological polar surface area (TPSA) is 95.3 Å². The highest BCUT2D eigenvalue weighted by molar-refractivity contribution is 7.99. The average molecular weight is 485 g/mol. The predicted octanol–water partition coefficient (Wildman–Crippen LogP) is 4.69. The summed E-state index contributed by atoms with van der Waals surface area (Å²) in [5.41, 5.74) is 3.90. The van der Waals surface area contributed by atoms with E-state index in [-0.39, 0.29) is 30.2 Å². The van der Waals surface area contributed by atoms with Gasteiger partial charge in [-0.05, 0) is 61.0 Å². The van der Waals surface area contributed by atoms with Crippen LogP contribution in [0.3, 0.4) is 0 Å². The number of fused-ring (bicyclic) bond motifs is 2. The van der Waals surface area contributed by atoms with E-state index in [0.29, 0.717) is 28.0 Å². The summed E-state index contributed by atoms with van der Waals surface area (Å²) in [6.45, 7) is 2.03.